The monoisotopic (exact) mass is 530 g/mol. The largest absolute Gasteiger partial charge is 0.495 e. The molecule has 0 aromatic heterocycles. The molecule has 8 heteroatoms. The number of carbonyl (C=O) groups is 1. The van der Waals surface area contributed by atoms with Crippen molar-refractivity contribution >= 4 is 31.9 Å². The second-order valence-electron chi connectivity index (χ2n) is 7.80. The average Bonchev–Trinajstić information content (AvgIpc) is 2.79. The number of carbonyl (C=O) groups excluding carboxylic acids is 1. The number of sulfonamides is 1. The third kappa shape index (κ3) is 6.66. The van der Waals surface area contributed by atoms with Crippen molar-refractivity contribution in [3.63, 3.8) is 0 Å². The molecule has 2 N–H and O–H groups in total. The fourth-order valence-corrected chi connectivity index (χ4v) is 5.32. The van der Waals surface area contributed by atoms with Crippen LogP contribution in [0.4, 0.5) is 0 Å². The van der Waals surface area contributed by atoms with Crippen LogP contribution in [0.5, 0.6) is 5.75 Å². The van der Waals surface area contributed by atoms with E-state index in [0.29, 0.717) is 0 Å². The van der Waals surface area contributed by atoms with Gasteiger partial charge in [-0.3, -0.25) is 4.79 Å². The van der Waals surface area contributed by atoms with Crippen molar-refractivity contribution in [1.29, 1.82) is 0 Å². The molecule has 0 heterocycles. The normalized spacial score (nSPS) is 13.2. The lowest BCUT2D eigenvalue weighted by Crippen LogP contribution is -2.48. The molecule has 6 nitrogen and oxygen atoms in total. The van der Waals surface area contributed by atoms with Gasteiger partial charge in [-0.25, -0.2) is 8.42 Å². The number of amides is 1. The molecule has 3 rings (SSSR count). The fraction of sp³-hybridized carbons (Fsp3) is 0.240. The van der Waals surface area contributed by atoms with Crippen LogP contribution >= 0.6 is 15.9 Å². The lowest BCUT2D eigenvalue weighted by Gasteiger charge is -2.22. The van der Waals surface area contributed by atoms with E-state index in [1.54, 1.807) is 19.1 Å². The molecule has 174 valence electrons. The minimum absolute atomic E-state index is 0.00380. The molecule has 1 amide bonds. The molecular formula is C25H27BrN2O4S. The third-order valence-electron chi connectivity index (χ3n) is 5.21. The first-order valence-corrected chi connectivity index (χ1v) is 12.7. The van der Waals surface area contributed by atoms with Gasteiger partial charge >= 0.3 is 0 Å². The smallest absolute Gasteiger partial charge is 0.244 e. The lowest BCUT2D eigenvalue weighted by molar-refractivity contribution is -0.123. The molecule has 0 saturated carbocycles. The second-order valence-corrected chi connectivity index (χ2v) is 10.4. The van der Waals surface area contributed by atoms with Crippen molar-refractivity contribution in [2.24, 2.45) is 0 Å². The summed E-state index contributed by atoms with van der Waals surface area (Å²) in [6.45, 7) is 3.66. The molecular weight excluding hydrogens is 504 g/mol. The molecule has 3 aromatic rings. The van der Waals surface area contributed by atoms with Gasteiger partial charge < -0.3 is 10.1 Å². The van der Waals surface area contributed by atoms with E-state index in [-0.39, 0.29) is 23.1 Å². The second kappa shape index (κ2) is 11.0. The molecule has 33 heavy (non-hydrogen) atoms. The summed E-state index contributed by atoms with van der Waals surface area (Å²) < 4.78 is 35.3. The summed E-state index contributed by atoms with van der Waals surface area (Å²) in [6, 6.07) is 20.5. The number of halogens is 1. The Balaban J connectivity index is 1.89. The van der Waals surface area contributed by atoms with E-state index in [1.807, 2.05) is 61.5 Å². The van der Waals surface area contributed by atoms with E-state index in [2.05, 4.69) is 26.0 Å². The van der Waals surface area contributed by atoms with Gasteiger partial charge in [-0.2, -0.15) is 4.72 Å². The maximum absolute atomic E-state index is 13.3. The van der Waals surface area contributed by atoms with Crippen LogP contribution < -0.4 is 14.8 Å². The molecule has 0 aliphatic rings. The Kier molecular flexibility index (Phi) is 8.29. The van der Waals surface area contributed by atoms with E-state index in [1.165, 1.54) is 13.2 Å². The summed E-state index contributed by atoms with van der Waals surface area (Å²) in [5.74, 6) is -0.198. The van der Waals surface area contributed by atoms with Gasteiger partial charge in [-0.15, -0.1) is 0 Å². The summed E-state index contributed by atoms with van der Waals surface area (Å²) >= 11 is 3.44. The van der Waals surface area contributed by atoms with Crippen LogP contribution in [0.25, 0.3) is 0 Å². The molecule has 0 saturated heterocycles. The Morgan fingerprint density at radius 3 is 2.42 bits per heavy atom. The van der Waals surface area contributed by atoms with Crippen LogP contribution in [0.2, 0.25) is 0 Å². The van der Waals surface area contributed by atoms with Gasteiger partial charge in [0.1, 0.15) is 16.7 Å². The van der Waals surface area contributed by atoms with Crippen molar-refractivity contribution in [1.82, 2.24) is 10.0 Å². The molecule has 0 radical (unpaired) electrons. The van der Waals surface area contributed by atoms with Crippen molar-refractivity contribution in [3.05, 3.63) is 94.0 Å². The van der Waals surface area contributed by atoms with Crippen molar-refractivity contribution < 1.29 is 17.9 Å². The number of ether oxygens (including phenoxy) is 1. The van der Waals surface area contributed by atoms with Gasteiger partial charge in [-0.05, 0) is 61.2 Å². The SMILES string of the molecule is COc1ccc(C)cc1S(=O)(=O)N[C@H](Cc1ccccc1)C(=O)N[C@H](C)c1cccc(Br)c1. The van der Waals surface area contributed by atoms with Crippen LogP contribution in [0.3, 0.4) is 0 Å². The quantitative estimate of drug-likeness (QED) is 0.425. The summed E-state index contributed by atoms with van der Waals surface area (Å²) in [4.78, 5) is 13.3. The third-order valence-corrected chi connectivity index (χ3v) is 7.20. The van der Waals surface area contributed by atoms with Gasteiger partial charge in [0.15, 0.2) is 0 Å². The average molecular weight is 531 g/mol. The number of hydrogen-bond acceptors (Lipinski definition) is 4. The van der Waals surface area contributed by atoms with Gasteiger partial charge in [0, 0.05) is 4.47 Å². The van der Waals surface area contributed by atoms with Crippen LogP contribution in [0.15, 0.2) is 82.2 Å². The van der Waals surface area contributed by atoms with E-state index in [0.717, 1.165) is 21.2 Å². The van der Waals surface area contributed by atoms with Crippen molar-refractivity contribution in [2.75, 3.05) is 7.11 Å². The Bertz CT molecular complexity index is 1220. The zero-order valence-corrected chi connectivity index (χ0v) is 21.1. The first kappa shape index (κ1) is 25.0. The number of rotatable bonds is 9. The van der Waals surface area contributed by atoms with E-state index < -0.39 is 22.0 Å². The Morgan fingerprint density at radius 2 is 1.76 bits per heavy atom. The molecule has 0 bridgehead atoms. The van der Waals surface area contributed by atoms with Gasteiger partial charge in [-0.1, -0.05) is 64.5 Å². The van der Waals surface area contributed by atoms with Crippen LogP contribution in [0.1, 0.15) is 29.7 Å². The van der Waals surface area contributed by atoms with Crippen LogP contribution in [-0.2, 0) is 21.2 Å². The lowest BCUT2D eigenvalue weighted by atomic mass is 10.0. The van der Waals surface area contributed by atoms with Gasteiger partial charge in [0.2, 0.25) is 15.9 Å². The van der Waals surface area contributed by atoms with Crippen LogP contribution in [-0.4, -0.2) is 27.5 Å². The maximum atomic E-state index is 13.3. The van der Waals surface area contributed by atoms with E-state index >= 15 is 0 Å². The summed E-state index contributed by atoms with van der Waals surface area (Å²) in [5, 5.41) is 2.94. The molecule has 0 fully saturated rings. The number of nitrogens with one attached hydrogen (secondary N) is 2. The molecule has 0 aliphatic heterocycles. The van der Waals surface area contributed by atoms with Crippen LogP contribution in [0, 0.1) is 6.92 Å². The molecule has 2 atom stereocenters. The standard InChI is InChI=1S/C25H27BrN2O4S/c1-17-12-13-23(32-3)24(14-17)33(30,31)28-22(15-19-8-5-4-6-9-19)25(29)27-18(2)20-10-7-11-21(26)16-20/h4-14,16,18,22,28H,15H2,1-3H3,(H,27,29)/t18-,22-/m1/s1. The van der Waals surface area contributed by atoms with Gasteiger partial charge in [0.25, 0.3) is 0 Å². The van der Waals surface area contributed by atoms with Crippen molar-refractivity contribution in [3.8, 4) is 5.75 Å². The highest BCUT2D eigenvalue weighted by Gasteiger charge is 2.29. The maximum Gasteiger partial charge on any atom is 0.244 e. The molecule has 0 spiro atoms. The fourth-order valence-electron chi connectivity index (χ4n) is 3.46. The van der Waals surface area contributed by atoms with Crippen molar-refractivity contribution in [2.45, 2.75) is 37.2 Å². The first-order valence-electron chi connectivity index (χ1n) is 10.5. The number of benzene rings is 3. The molecule has 0 aliphatic carbocycles. The van der Waals surface area contributed by atoms with E-state index in [9.17, 15) is 13.2 Å². The Morgan fingerprint density at radius 1 is 1.03 bits per heavy atom. The first-order chi connectivity index (χ1) is 15.7. The highest BCUT2D eigenvalue weighted by atomic mass is 79.9. The number of hydrogen-bond donors (Lipinski definition) is 2. The summed E-state index contributed by atoms with van der Waals surface area (Å²) in [5.41, 5.74) is 2.51. The molecule has 3 aromatic carbocycles. The highest BCUT2D eigenvalue weighted by Crippen LogP contribution is 2.25. The zero-order chi connectivity index (χ0) is 24.0. The predicted molar refractivity (Wildman–Crippen MR) is 133 cm³/mol. The number of aryl methyl sites for hydroxylation is 1. The van der Waals surface area contributed by atoms with E-state index in [4.69, 9.17) is 4.74 Å². The summed E-state index contributed by atoms with van der Waals surface area (Å²) in [7, 11) is -2.63. The number of methoxy groups -OCH3 is 1. The minimum atomic E-state index is -4.04. The topological polar surface area (TPSA) is 84.5 Å². The van der Waals surface area contributed by atoms with Gasteiger partial charge in [0.05, 0.1) is 13.2 Å². The molecule has 0 unspecified atom stereocenters. The minimum Gasteiger partial charge on any atom is -0.495 e. The zero-order valence-electron chi connectivity index (χ0n) is 18.7. The summed E-state index contributed by atoms with van der Waals surface area (Å²) in [6.07, 6.45) is 0.200. The highest BCUT2D eigenvalue weighted by molar-refractivity contribution is 9.10. The Labute approximate surface area is 203 Å². The predicted octanol–water partition coefficient (Wildman–Crippen LogP) is 4.53. The Hall–Kier alpha value is -2.68.